The van der Waals surface area contributed by atoms with Gasteiger partial charge >= 0.3 is 0 Å². The molecule has 1 heterocycles. The first-order chi connectivity index (χ1) is 11.5. The Labute approximate surface area is 150 Å². The average Bonchev–Trinajstić information content (AvgIpc) is 2.46. The summed E-state index contributed by atoms with van der Waals surface area (Å²) in [6, 6.07) is 5.28. The second-order valence-corrected chi connectivity index (χ2v) is 9.50. The second kappa shape index (κ2) is 7.43. The molecule has 1 fully saturated rings. The van der Waals surface area contributed by atoms with Crippen LogP contribution < -0.4 is 15.4 Å². The highest BCUT2D eigenvalue weighted by Gasteiger charge is 2.27. The van der Waals surface area contributed by atoms with Crippen LogP contribution in [0.5, 0.6) is 0 Å². The van der Waals surface area contributed by atoms with Crippen LogP contribution in [0.2, 0.25) is 0 Å². The van der Waals surface area contributed by atoms with Crippen molar-refractivity contribution in [2.45, 2.75) is 63.9 Å². The fraction of sp³-hybridized carbons (Fsp3) is 0.611. The molecule has 0 saturated carbocycles. The molecule has 0 aromatic heterocycles. The van der Waals surface area contributed by atoms with Crippen molar-refractivity contribution in [3.63, 3.8) is 0 Å². The van der Waals surface area contributed by atoms with Crippen molar-refractivity contribution >= 4 is 21.6 Å². The number of piperidine rings is 1. The lowest BCUT2D eigenvalue weighted by Crippen LogP contribution is -2.41. The van der Waals surface area contributed by atoms with E-state index in [2.05, 4.69) is 22.3 Å². The van der Waals surface area contributed by atoms with Crippen molar-refractivity contribution in [2.75, 3.05) is 11.9 Å². The predicted octanol–water partition coefficient (Wildman–Crippen LogP) is 2.40. The fourth-order valence-electron chi connectivity index (χ4n) is 3.10. The number of hydrogen-bond acceptors (Lipinski definition) is 4. The van der Waals surface area contributed by atoms with Crippen molar-refractivity contribution < 1.29 is 13.2 Å². The van der Waals surface area contributed by atoms with Gasteiger partial charge < -0.3 is 10.6 Å². The van der Waals surface area contributed by atoms with E-state index >= 15 is 0 Å². The number of carbonyl (C=O) groups is 1. The van der Waals surface area contributed by atoms with Crippen LogP contribution in [-0.4, -0.2) is 32.5 Å². The molecule has 6 nitrogen and oxygen atoms in total. The minimum Gasteiger partial charge on any atom is -0.326 e. The van der Waals surface area contributed by atoms with Crippen LogP contribution in [0.25, 0.3) is 0 Å². The maximum Gasteiger partial charge on any atom is 0.241 e. The predicted molar refractivity (Wildman–Crippen MR) is 100 cm³/mol. The lowest BCUT2D eigenvalue weighted by atomic mass is 9.92. The molecule has 1 aliphatic heterocycles. The summed E-state index contributed by atoms with van der Waals surface area (Å²) in [5, 5.41) is 6.24. The molecule has 1 aliphatic rings. The Hall–Kier alpha value is -1.44. The van der Waals surface area contributed by atoms with Crippen molar-refractivity contribution in [3.8, 4) is 0 Å². The minimum absolute atomic E-state index is 0.0465. The lowest BCUT2D eigenvalue weighted by Gasteiger charge is -2.27. The molecule has 7 heteroatoms. The number of hydrogen-bond donors (Lipinski definition) is 3. The summed E-state index contributed by atoms with van der Waals surface area (Å²) in [5.41, 5.74) is 0.526. The smallest absolute Gasteiger partial charge is 0.241 e. The molecule has 1 amide bonds. The normalized spacial score (nSPS) is 21.8. The van der Waals surface area contributed by atoms with Gasteiger partial charge in [0.1, 0.15) is 0 Å². The number of carbonyl (C=O) groups excluding carboxylic acids is 1. The highest BCUT2D eigenvalue weighted by atomic mass is 32.2. The number of nitrogens with one attached hydrogen (secondary N) is 3. The third-order valence-corrected chi connectivity index (χ3v) is 6.17. The van der Waals surface area contributed by atoms with Crippen molar-refractivity contribution in [3.05, 3.63) is 23.8 Å². The zero-order chi connectivity index (χ0) is 18.8. The van der Waals surface area contributed by atoms with E-state index in [1.165, 1.54) is 0 Å². The van der Waals surface area contributed by atoms with Gasteiger partial charge in [0.25, 0.3) is 0 Å². The fourth-order valence-corrected chi connectivity index (χ4v) is 4.79. The van der Waals surface area contributed by atoms with E-state index in [-0.39, 0.29) is 16.7 Å². The Morgan fingerprint density at radius 1 is 1.28 bits per heavy atom. The number of sulfonamides is 1. The van der Waals surface area contributed by atoms with E-state index in [0.29, 0.717) is 17.3 Å². The maximum absolute atomic E-state index is 12.6. The first-order valence-electron chi connectivity index (χ1n) is 8.67. The van der Waals surface area contributed by atoms with Gasteiger partial charge in [0.05, 0.1) is 4.90 Å². The molecule has 1 aromatic rings. The quantitative estimate of drug-likeness (QED) is 0.763. The summed E-state index contributed by atoms with van der Waals surface area (Å²) in [6.45, 7) is 9.99. The molecule has 1 saturated heterocycles. The molecule has 0 radical (unpaired) electrons. The Kier molecular flexibility index (Phi) is 5.91. The Morgan fingerprint density at radius 3 is 2.56 bits per heavy atom. The molecule has 0 spiro atoms. The van der Waals surface area contributed by atoms with Crippen LogP contribution in [0.4, 0.5) is 5.69 Å². The summed E-state index contributed by atoms with van der Waals surface area (Å²) in [6.07, 6.45) is 1.58. The topological polar surface area (TPSA) is 87.3 Å². The highest BCUT2D eigenvalue weighted by Crippen LogP contribution is 2.26. The Bertz CT molecular complexity index is 738. The van der Waals surface area contributed by atoms with Crippen LogP contribution >= 0.6 is 0 Å². The maximum atomic E-state index is 12.6. The first kappa shape index (κ1) is 19.9. The Morgan fingerprint density at radius 2 is 1.96 bits per heavy atom. The summed E-state index contributed by atoms with van der Waals surface area (Å²) >= 11 is 0. The van der Waals surface area contributed by atoms with Gasteiger partial charge in [0.2, 0.25) is 15.9 Å². The molecule has 1 aromatic carbocycles. The van der Waals surface area contributed by atoms with Crippen LogP contribution in [-0.2, 0) is 14.8 Å². The second-order valence-electron chi connectivity index (χ2n) is 7.85. The molecular formula is C18H29N3O3S. The zero-order valence-electron chi connectivity index (χ0n) is 15.6. The summed E-state index contributed by atoms with van der Waals surface area (Å²) < 4.78 is 27.9. The molecule has 3 N–H and O–H groups in total. The van der Waals surface area contributed by atoms with E-state index < -0.39 is 15.6 Å². The van der Waals surface area contributed by atoms with Crippen molar-refractivity contribution in [1.82, 2.24) is 10.0 Å². The zero-order valence-corrected chi connectivity index (χ0v) is 16.5. The number of anilines is 1. The molecule has 25 heavy (non-hydrogen) atoms. The first-order valence-corrected chi connectivity index (χ1v) is 10.2. The molecular weight excluding hydrogens is 338 g/mol. The molecule has 0 aliphatic carbocycles. The summed E-state index contributed by atoms with van der Waals surface area (Å²) in [7, 11) is -3.65. The van der Waals surface area contributed by atoms with Gasteiger partial charge in [-0.2, -0.15) is 0 Å². The standard InChI is InChI=1S/C18H29N3O3S/c1-12-11-14(9-10-19-12)17(22)20-15-7-6-8-16(13(15)2)25(23,24)21-18(3,4)5/h6-8,12,14,19,21H,9-11H2,1-5H3,(H,20,22)/t12-,14-/m0/s1. The molecule has 2 rings (SSSR count). The van der Waals surface area contributed by atoms with Gasteiger partial charge in [-0.15, -0.1) is 0 Å². The van der Waals surface area contributed by atoms with Crippen LogP contribution in [0.1, 0.15) is 46.1 Å². The lowest BCUT2D eigenvalue weighted by molar-refractivity contribution is -0.120. The van der Waals surface area contributed by atoms with Gasteiger partial charge in [-0.3, -0.25) is 4.79 Å². The van der Waals surface area contributed by atoms with E-state index in [0.717, 1.165) is 19.4 Å². The Balaban J connectivity index is 2.22. The molecule has 140 valence electrons. The molecule has 0 unspecified atom stereocenters. The van der Waals surface area contributed by atoms with Gasteiger partial charge in [0.15, 0.2) is 0 Å². The van der Waals surface area contributed by atoms with Gasteiger partial charge in [-0.05, 0) is 71.7 Å². The van der Waals surface area contributed by atoms with Crippen LogP contribution in [0.15, 0.2) is 23.1 Å². The van der Waals surface area contributed by atoms with Crippen LogP contribution in [0.3, 0.4) is 0 Å². The van der Waals surface area contributed by atoms with E-state index in [4.69, 9.17) is 0 Å². The molecule has 2 atom stereocenters. The van der Waals surface area contributed by atoms with E-state index in [1.807, 2.05) is 0 Å². The van der Waals surface area contributed by atoms with Gasteiger partial charge in [-0.25, -0.2) is 13.1 Å². The number of rotatable bonds is 4. The summed E-state index contributed by atoms with van der Waals surface area (Å²) in [4.78, 5) is 12.7. The van der Waals surface area contributed by atoms with E-state index in [1.54, 1.807) is 45.9 Å². The SMILES string of the molecule is Cc1c(NC(=O)[C@H]2CCN[C@@H](C)C2)cccc1S(=O)(=O)NC(C)(C)C. The highest BCUT2D eigenvalue weighted by molar-refractivity contribution is 7.89. The third kappa shape index (κ3) is 5.26. The van der Waals surface area contributed by atoms with E-state index in [9.17, 15) is 13.2 Å². The monoisotopic (exact) mass is 367 g/mol. The number of amides is 1. The van der Waals surface area contributed by atoms with Crippen molar-refractivity contribution in [2.24, 2.45) is 5.92 Å². The largest absolute Gasteiger partial charge is 0.326 e. The van der Waals surface area contributed by atoms with Crippen molar-refractivity contribution in [1.29, 1.82) is 0 Å². The number of benzene rings is 1. The average molecular weight is 368 g/mol. The van der Waals surface area contributed by atoms with Gasteiger partial charge in [-0.1, -0.05) is 6.07 Å². The summed E-state index contributed by atoms with van der Waals surface area (Å²) in [5.74, 6) is -0.0987. The van der Waals surface area contributed by atoms with Crippen LogP contribution in [0, 0.1) is 12.8 Å². The third-order valence-electron chi connectivity index (χ3n) is 4.27. The van der Waals surface area contributed by atoms with Gasteiger partial charge in [0, 0.05) is 23.2 Å². The molecule has 0 bridgehead atoms. The minimum atomic E-state index is -3.65.